The summed E-state index contributed by atoms with van der Waals surface area (Å²) in [4.78, 5) is 0. The summed E-state index contributed by atoms with van der Waals surface area (Å²) in [5, 5.41) is 0. The highest BCUT2D eigenvalue weighted by atomic mass is 16.5. The maximum Gasteiger partial charge on any atom is 0.0631 e. The second-order valence-corrected chi connectivity index (χ2v) is 4.30. The van der Waals surface area contributed by atoms with Crippen LogP contribution in [0.25, 0.3) is 0 Å². The molecule has 0 unspecified atom stereocenters. The molecule has 2 rings (SSSR count). The van der Waals surface area contributed by atoms with Crippen LogP contribution in [0.4, 0.5) is 0 Å². The van der Waals surface area contributed by atoms with Crippen LogP contribution >= 0.6 is 0 Å². The van der Waals surface area contributed by atoms with Crippen LogP contribution in [0.15, 0.2) is 0 Å². The summed E-state index contributed by atoms with van der Waals surface area (Å²) in [6, 6.07) is 0. The molecule has 2 fully saturated rings. The van der Waals surface area contributed by atoms with Gasteiger partial charge < -0.3 is 4.74 Å². The van der Waals surface area contributed by atoms with Crippen molar-refractivity contribution in [2.45, 2.75) is 51.6 Å². The van der Waals surface area contributed by atoms with E-state index in [1.807, 2.05) is 0 Å². The van der Waals surface area contributed by atoms with E-state index < -0.39 is 0 Å². The third-order valence-electron chi connectivity index (χ3n) is 3.59. The van der Waals surface area contributed by atoms with Crippen LogP contribution in [-0.2, 0) is 4.74 Å². The van der Waals surface area contributed by atoms with Crippen LogP contribution < -0.4 is 0 Å². The molecule has 0 aromatic heterocycles. The highest BCUT2D eigenvalue weighted by Gasteiger charge is 2.36. The average molecular weight is 168 g/mol. The Hall–Kier alpha value is -0.0400. The molecular weight excluding hydrogens is 148 g/mol. The van der Waals surface area contributed by atoms with Gasteiger partial charge in [0, 0.05) is 6.61 Å². The molecule has 0 aromatic rings. The molecule has 0 N–H and O–H groups in total. The Labute approximate surface area is 75.5 Å². The summed E-state index contributed by atoms with van der Waals surface area (Å²) >= 11 is 0. The fraction of sp³-hybridized carbons (Fsp3) is 1.00. The van der Waals surface area contributed by atoms with Gasteiger partial charge in [-0.3, -0.25) is 0 Å². The molecule has 0 aliphatic heterocycles. The minimum atomic E-state index is 0.637. The van der Waals surface area contributed by atoms with Crippen molar-refractivity contribution in [3.63, 3.8) is 0 Å². The van der Waals surface area contributed by atoms with Gasteiger partial charge in [-0.15, -0.1) is 0 Å². The van der Waals surface area contributed by atoms with Gasteiger partial charge in [-0.1, -0.05) is 12.8 Å². The van der Waals surface area contributed by atoms with Gasteiger partial charge in [0.25, 0.3) is 0 Å². The summed E-state index contributed by atoms with van der Waals surface area (Å²) in [5.41, 5.74) is 0. The normalized spacial score (nSPS) is 41.2. The van der Waals surface area contributed by atoms with Gasteiger partial charge in [0.1, 0.15) is 0 Å². The summed E-state index contributed by atoms with van der Waals surface area (Å²) < 4.78 is 5.85. The Morgan fingerprint density at radius 2 is 1.50 bits per heavy atom. The van der Waals surface area contributed by atoms with Crippen LogP contribution in [0.1, 0.15) is 45.4 Å². The average Bonchev–Trinajstić information content (AvgIpc) is 2.04. The van der Waals surface area contributed by atoms with E-state index in [0.29, 0.717) is 6.10 Å². The molecule has 2 bridgehead atoms. The van der Waals surface area contributed by atoms with Crippen LogP contribution in [0.5, 0.6) is 0 Å². The van der Waals surface area contributed by atoms with Crippen molar-refractivity contribution in [1.29, 1.82) is 0 Å². The van der Waals surface area contributed by atoms with Crippen molar-refractivity contribution in [2.24, 2.45) is 11.8 Å². The fourth-order valence-corrected chi connectivity index (χ4v) is 3.08. The van der Waals surface area contributed by atoms with Crippen molar-refractivity contribution in [2.75, 3.05) is 6.61 Å². The lowest BCUT2D eigenvalue weighted by Crippen LogP contribution is -2.39. The Morgan fingerprint density at radius 1 is 1.00 bits per heavy atom. The summed E-state index contributed by atoms with van der Waals surface area (Å²) in [6.45, 7) is 3.04. The van der Waals surface area contributed by atoms with Crippen molar-refractivity contribution in [3.05, 3.63) is 0 Å². The van der Waals surface area contributed by atoms with Crippen molar-refractivity contribution >= 4 is 0 Å². The van der Waals surface area contributed by atoms with E-state index in [0.717, 1.165) is 18.4 Å². The molecule has 0 saturated heterocycles. The highest BCUT2D eigenvalue weighted by molar-refractivity contribution is 4.87. The zero-order chi connectivity index (χ0) is 8.39. The van der Waals surface area contributed by atoms with E-state index >= 15 is 0 Å². The zero-order valence-electron chi connectivity index (χ0n) is 8.09. The first-order valence-corrected chi connectivity index (χ1v) is 5.53. The number of fused-ring (bicyclic) bond motifs is 2. The topological polar surface area (TPSA) is 9.23 Å². The second kappa shape index (κ2) is 3.78. The minimum Gasteiger partial charge on any atom is -0.378 e. The van der Waals surface area contributed by atoms with Crippen molar-refractivity contribution in [3.8, 4) is 0 Å². The predicted molar refractivity (Wildman–Crippen MR) is 50.1 cm³/mol. The second-order valence-electron chi connectivity index (χ2n) is 4.30. The summed E-state index contributed by atoms with van der Waals surface area (Å²) in [6.07, 6.45) is 9.28. The van der Waals surface area contributed by atoms with E-state index in [1.54, 1.807) is 0 Å². The molecule has 1 heteroatoms. The van der Waals surface area contributed by atoms with Gasteiger partial charge in [-0.2, -0.15) is 0 Å². The molecule has 0 radical (unpaired) electrons. The van der Waals surface area contributed by atoms with Gasteiger partial charge in [0.15, 0.2) is 0 Å². The maximum absolute atomic E-state index is 5.85. The van der Waals surface area contributed by atoms with Crippen LogP contribution in [0, 0.1) is 11.8 Å². The third-order valence-corrected chi connectivity index (χ3v) is 3.59. The van der Waals surface area contributed by atoms with Gasteiger partial charge in [-0.05, 0) is 44.4 Å². The Morgan fingerprint density at radius 3 is 1.92 bits per heavy atom. The predicted octanol–water partition coefficient (Wildman–Crippen LogP) is 2.99. The van der Waals surface area contributed by atoms with Crippen molar-refractivity contribution < 1.29 is 4.74 Å². The SMILES string of the molecule is CCOC1C2CCCC1CCC2. The summed E-state index contributed by atoms with van der Waals surface area (Å²) in [5.74, 6) is 1.83. The minimum absolute atomic E-state index is 0.637. The van der Waals surface area contributed by atoms with E-state index in [-0.39, 0.29) is 0 Å². The largest absolute Gasteiger partial charge is 0.378 e. The molecule has 0 amide bonds. The Bertz CT molecular complexity index is 122. The number of ether oxygens (including phenoxy) is 1. The Kier molecular flexibility index (Phi) is 2.69. The lowest BCUT2D eigenvalue weighted by atomic mass is 9.70. The van der Waals surface area contributed by atoms with Gasteiger partial charge >= 0.3 is 0 Å². The van der Waals surface area contributed by atoms with Crippen LogP contribution in [0.3, 0.4) is 0 Å². The lowest BCUT2D eigenvalue weighted by molar-refractivity contribution is -0.0654. The third kappa shape index (κ3) is 1.52. The monoisotopic (exact) mass is 168 g/mol. The first-order chi connectivity index (χ1) is 5.92. The number of rotatable bonds is 2. The van der Waals surface area contributed by atoms with Crippen molar-refractivity contribution in [1.82, 2.24) is 0 Å². The molecule has 70 valence electrons. The molecule has 1 nitrogen and oxygen atoms in total. The number of hydrogen-bond donors (Lipinski definition) is 0. The molecule has 0 atom stereocenters. The zero-order valence-corrected chi connectivity index (χ0v) is 8.09. The smallest absolute Gasteiger partial charge is 0.0631 e. The number of hydrogen-bond acceptors (Lipinski definition) is 1. The summed E-state index contributed by atoms with van der Waals surface area (Å²) in [7, 11) is 0. The van der Waals surface area contributed by atoms with Gasteiger partial charge in [0.05, 0.1) is 6.10 Å². The maximum atomic E-state index is 5.85. The quantitative estimate of drug-likeness (QED) is 0.616. The van der Waals surface area contributed by atoms with Gasteiger partial charge in [-0.25, -0.2) is 0 Å². The standard InChI is InChI=1S/C11H20O/c1-2-12-11-9-5-3-6-10(11)8-4-7-9/h9-11H,2-8H2,1H3. The van der Waals surface area contributed by atoms with Crippen LogP contribution in [0.2, 0.25) is 0 Å². The fourth-order valence-electron chi connectivity index (χ4n) is 3.08. The van der Waals surface area contributed by atoms with Gasteiger partial charge in [0.2, 0.25) is 0 Å². The molecule has 12 heavy (non-hydrogen) atoms. The van der Waals surface area contributed by atoms with E-state index in [2.05, 4.69) is 6.92 Å². The molecule has 0 heterocycles. The molecular formula is C11H20O. The van der Waals surface area contributed by atoms with E-state index in [1.165, 1.54) is 38.5 Å². The highest BCUT2D eigenvalue weighted by Crippen LogP contribution is 2.41. The van der Waals surface area contributed by atoms with Crippen LogP contribution in [-0.4, -0.2) is 12.7 Å². The first-order valence-electron chi connectivity index (χ1n) is 5.53. The van der Waals surface area contributed by atoms with E-state index in [9.17, 15) is 0 Å². The lowest BCUT2D eigenvalue weighted by Gasteiger charge is -2.42. The molecule has 0 spiro atoms. The van der Waals surface area contributed by atoms with E-state index in [4.69, 9.17) is 4.74 Å². The molecule has 2 aliphatic rings. The molecule has 2 saturated carbocycles. The molecule has 2 aliphatic carbocycles. The Balaban J connectivity index is 1.98. The molecule has 0 aromatic carbocycles. The first kappa shape index (κ1) is 8.55.